The summed E-state index contributed by atoms with van der Waals surface area (Å²) in [6.07, 6.45) is 5.91. The van der Waals surface area contributed by atoms with Gasteiger partial charge in [-0.05, 0) is 31.6 Å². The van der Waals surface area contributed by atoms with Crippen molar-refractivity contribution in [3.8, 4) is 0 Å². The van der Waals surface area contributed by atoms with Crippen molar-refractivity contribution in [3.63, 3.8) is 0 Å². The lowest BCUT2D eigenvalue weighted by Crippen LogP contribution is -2.33. The third-order valence-corrected chi connectivity index (χ3v) is 5.09. The third-order valence-electron chi connectivity index (χ3n) is 4.06. The van der Waals surface area contributed by atoms with Crippen molar-refractivity contribution in [2.24, 2.45) is 5.92 Å². The Morgan fingerprint density at radius 2 is 2.17 bits per heavy atom. The second kappa shape index (κ2) is 4.65. The second-order valence-electron chi connectivity index (χ2n) is 5.79. The summed E-state index contributed by atoms with van der Waals surface area (Å²) in [4.78, 5) is 19.2. The number of thiazole rings is 1. The smallest absolute Gasteiger partial charge is 0.186 e. The van der Waals surface area contributed by atoms with Crippen molar-refractivity contribution in [1.29, 1.82) is 0 Å². The minimum absolute atomic E-state index is 0.565. The predicted molar refractivity (Wildman–Crippen MR) is 74.7 cm³/mol. The highest BCUT2D eigenvalue weighted by molar-refractivity contribution is 7.17. The van der Waals surface area contributed by atoms with Crippen LogP contribution >= 0.6 is 11.3 Å². The first-order valence-electron chi connectivity index (χ1n) is 6.93. The first-order valence-corrected chi connectivity index (χ1v) is 7.75. The summed E-state index contributed by atoms with van der Waals surface area (Å²) in [7, 11) is 0. The third kappa shape index (κ3) is 2.07. The summed E-state index contributed by atoms with van der Waals surface area (Å²) in [6.45, 7) is 5.65. The Kier molecular flexibility index (Phi) is 3.14. The zero-order chi connectivity index (χ0) is 12.7. The van der Waals surface area contributed by atoms with E-state index in [1.54, 1.807) is 11.3 Å². The van der Waals surface area contributed by atoms with Gasteiger partial charge in [0.2, 0.25) is 0 Å². The standard InChI is InChI=1S/C14H20N2OS/c1-9(2)11-4-3-7-16(11)14-15-13(10-5-6-10)12(8-17)18-14/h8-11H,3-7H2,1-2H3. The largest absolute Gasteiger partial charge is 0.345 e. The number of nitrogens with zero attached hydrogens (tertiary/aromatic N) is 2. The van der Waals surface area contributed by atoms with Gasteiger partial charge < -0.3 is 4.90 Å². The molecule has 3 rings (SSSR count). The van der Waals surface area contributed by atoms with Crippen LogP contribution < -0.4 is 4.90 Å². The molecule has 0 amide bonds. The van der Waals surface area contributed by atoms with Gasteiger partial charge in [0.15, 0.2) is 11.4 Å². The van der Waals surface area contributed by atoms with Crippen LogP contribution in [0.15, 0.2) is 0 Å². The molecule has 1 atom stereocenters. The van der Waals surface area contributed by atoms with Crippen molar-refractivity contribution in [1.82, 2.24) is 4.98 Å². The van der Waals surface area contributed by atoms with E-state index in [0.717, 1.165) is 28.5 Å². The molecule has 18 heavy (non-hydrogen) atoms. The number of carbonyl (C=O) groups excluding carboxylic acids is 1. The molecule has 0 spiro atoms. The lowest BCUT2D eigenvalue weighted by Gasteiger charge is -2.27. The number of hydrogen-bond donors (Lipinski definition) is 0. The molecular formula is C14H20N2OS. The molecule has 2 fully saturated rings. The fourth-order valence-electron chi connectivity index (χ4n) is 2.91. The molecule has 1 aromatic rings. The van der Waals surface area contributed by atoms with Crippen LogP contribution in [0.4, 0.5) is 5.13 Å². The van der Waals surface area contributed by atoms with Crippen LogP contribution in [0.2, 0.25) is 0 Å². The van der Waals surface area contributed by atoms with Gasteiger partial charge in [-0.25, -0.2) is 4.98 Å². The maximum Gasteiger partial charge on any atom is 0.186 e. The van der Waals surface area contributed by atoms with Crippen LogP contribution in [-0.2, 0) is 0 Å². The van der Waals surface area contributed by atoms with E-state index in [4.69, 9.17) is 4.98 Å². The van der Waals surface area contributed by atoms with Gasteiger partial charge in [-0.1, -0.05) is 25.2 Å². The van der Waals surface area contributed by atoms with Gasteiger partial charge in [0.05, 0.1) is 10.6 Å². The van der Waals surface area contributed by atoms with Crippen molar-refractivity contribution in [3.05, 3.63) is 10.6 Å². The van der Waals surface area contributed by atoms with Gasteiger partial charge in [0.25, 0.3) is 0 Å². The van der Waals surface area contributed by atoms with Gasteiger partial charge in [-0.2, -0.15) is 0 Å². The van der Waals surface area contributed by atoms with Crippen LogP contribution in [-0.4, -0.2) is 23.9 Å². The Morgan fingerprint density at radius 3 is 2.78 bits per heavy atom. The maximum absolute atomic E-state index is 11.2. The summed E-state index contributed by atoms with van der Waals surface area (Å²) in [5, 5.41) is 1.08. The molecule has 0 aromatic carbocycles. The lowest BCUT2D eigenvalue weighted by molar-refractivity contribution is 0.112. The molecule has 1 saturated heterocycles. The molecule has 98 valence electrons. The Hall–Kier alpha value is -0.900. The minimum atomic E-state index is 0.565. The molecule has 3 nitrogen and oxygen atoms in total. The molecule has 0 N–H and O–H groups in total. The van der Waals surface area contributed by atoms with E-state index < -0.39 is 0 Å². The summed E-state index contributed by atoms with van der Waals surface area (Å²) >= 11 is 1.59. The molecule has 1 aromatic heterocycles. The molecule has 1 unspecified atom stereocenters. The topological polar surface area (TPSA) is 33.2 Å². The van der Waals surface area contributed by atoms with Crippen LogP contribution in [0, 0.1) is 5.92 Å². The Balaban J connectivity index is 1.89. The monoisotopic (exact) mass is 264 g/mol. The summed E-state index contributed by atoms with van der Waals surface area (Å²) in [6, 6.07) is 0.600. The van der Waals surface area contributed by atoms with Crippen LogP contribution in [0.1, 0.15) is 60.8 Å². The van der Waals surface area contributed by atoms with Crippen molar-refractivity contribution >= 4 is 22.8 Å². The number of aldehydes is 1. The Bertz CT molecular complexity index is 451. The number of anilines is 1. The van der Waals surface area contributed by atoms with Crippen molar-refractivity contribution < 1.29 is 4.79 Å². The summed E-state index contributed by atoms with van der Waals surface area (Å²) in [5.41, 5.74) is 1.07. The minimum Gasteiger partial charge on any atom is -0.345 e. The zero-order valence-electron chi connectivity index (χ0n) is 11.1. The molecule has 4 heteroatoms. The fraction of sp³-hybridized carbons (Fsp3) is 0.714. The average molecular weight is 264 g/mol. The molecular weight excluding hydrogens is 244 g/mol. The molecule has 2 aliphatic rings. The number of carbonyl (C=O) groups is 1. The highest BCUT2D eigenvalue weighted by atomic mass is 32.1. The van der Waals surface area contributed by atoms with Gasteiger partial charge in [0, 0.05) is 18.5 Å². The van der Waals surface area contributed by atoms with Gasteiger partial charge in [-0.3, -0.25) is 4.79 Å². The molecule has 1 aliphatic heterocycles. The van der Waals surface area contributed by atoms with E-state index in [1.165, 1.54) is 25.7 Å². The normalized spacial score (nSPS) is 23.9. The number of aromatic nitrogens is 1. The van der Waals surface area contributed by atoms with Gasteiger partial charge >= 0.3 is 0 Å². The van der Waals surface area contributed by atoms with E-state index in [0.29, 0.717) is 17.9 Å². The number of hydrogen-bond acceptors (Lipinski definition) is 4. The second-order valence-corrected chi connectivity index (χ2v) is 6.79. The quantitative estimate of drug-likeness (QED) is 0.781. The average Bonchev–Trinajstić information content (AvgIpc) is 2.94. The summed E-state index contributed by atoms with van der Waals surface area (Å²) < 4.78 is 0. The summed E-state index contributed by atoms with van der Waals surface area (Å²) in [5.74, 6) is 1.22. The van der Waals surface area contributed by atoms with E-state index in [9.17, 15) is 4.79 Å². The predicted octanol–water partition coefficient (Wildman–Crippen LogP) is 3.46. The lowest BCUT2D eigenvalue weighted by atomic mass is 10.0. The number of rotatable bonds is 4. The molecule has 2 heterocycles. The van der Waals surface area contributed by atoms with E-state index in [-0.39, 0.29) is 0 Å². The maximum atomic E-state index is 11.2. The van der Waals surface area contributed by atoms with Crippen molar-refractivity contribution in [2.45, 2.75) is 51.5 Å². The zero-order valence-corrected chi connectivity index (χ0v) is 11.9. The van der Waals surface area contributed by atoms with Crippen LogP contribution in [0.5, 0.6) is 0 Å². The van der Waals surface area contributed by atoms with E-state index in [1.807, 2.05) is 0 Å². The van der Waals surface area contributed by atoms with Crippen LogP contribution in [0.25, 0.3) is 0 Å². The van der Waals surface area contributed by atoms with Crippen LogP contribution in [0.3, 0.4) is 0 Å². The highest BCUT2D eigenvalue weighted by Gasteiger charge is 2.33. The molecule has 0 bridgehead atoms. The SMILES string of the molecule is CC(C)C1CCCN1c1nc(C2CC2)c(C=O)s1. The molecule has 0 radical (unpaired) electrons. The van der Waals surface area contributed by atoms with E-state index >= 15 is 0 Å². The van der Waals surface area contributed by atoms with Crippen molar-refractivity contribution in [2.75, 3.05) is 11.4 Å². The van der Waals surface area contributed by atoms with E-state index in [2.05, 4.69) is 18.7 Å². The molecule has 1 saturated carbocycles. The van der Waals surface area contributed by atoms with Gasteiger partial charge in [-0.15, -0.1) is 0 Å². The first-order chi connectivity index (χ1) is 8.70. The molecule has 1 aliphatic carbocycles. The Morgan fingerprint density at radius 1 is 1.39 bits per heavy atom. The highest BCUT2D eigenvalue weighted by Crippen LogP contribution is 2.44. The fourth-order valence-corrected chi connectivity index (χ4v) is 3.96. The first kappa shape index (κ1) is 12.2. The Labute approximate surface area is 112 Å². The van der Waals surface area contributed by atoms with Gasteiger partial charge in [0.1, 0.15) is 0 Å².